The summed E-state index contributed by atoms with van der Waals surface area (Å²) in [6.45, 7) is 0.104. The fourth-order valence-electron chi connectivity index (χ4n) is 4.39. The van der Waals surface area contributed by atoms with Gasteiger partial charge in [0.1, 0.15) is 29.3 Å². The minimum atomic E-state index is -1.76. The van der Waals surface area contributed by atoms with E-state index in [1.54, 1.807) is 0 Å². The number of imide groups is 1. The van der Waals surface area contributed by atoms with Gasteiger partial charge in [-0.1, -0.05) is 0 Å². The van der Waals surface area contributed by atoms with Gasteiger partial charge in [0.15, 0.2) is 0 Å². The van der Waals surface area contributed by atoms with E-state index >= 15 is 0 Å². The van der Waals surface area contributed by atoms with Gasteiger partial charge in [-0.3, -0.25) is 29.5 Å². The topological polar surface area (TPSA) is 108 Å². The van der Waals surface area contributed by atoms with Gasteiger partial charge in [-0.25, -0.2) is 8.78 Å². The highest BCUT2D eigenvalue weighted by Gasteiger charge is 2.53. The number of halogens is 2. The minimum absolute atomic E-state index is 0.104. The largest absolute Gasteiger partial charge is 0.340 e. The first-order valence-electron chi connectivity index (χ1n) is 10.6. The molecule has 33 heavy (non-hydrogen) atoms. The summed E-state index contributed by atoms with van der Waals surface area (Å²) < 4.78 is 29.2. The quantitative estimate of drug-likeness (QED) is 0.672. The summed E-state index contributed by atoms with van der Waals surface area (Å²) in [6, 6.07) is 4.98. The first kappa shape index (κ1) is 21.2. The average Bonchev–Trinajstić information content (AvgIpc) is 3.45. The van der Waals surface area contributed by atoms with Gasteiger partial charge < -0.3 is 10.2 Å². The third-order valence-electron chi connectivity index (χ3n) is 6.37. The normalized spacial score (nSPS) is 21.9. The van der Waals surface area contributed by atoms with E-state index in [9.17, 15) is 28.0 Å². The molecule has 0 unspecified atom stereocenters. The Morgan fingerprint density at radius 1 is 1.24 bits per heavy atom. The van der Waals surface area contributed by atoms with E-state index in [0.717, 1.165) is 6.07 Å². The number of amides is 4. The number of pyridine rings is 1. The molecule has 4 amide bonds. The van der Waals surface area contributed by atoms with E-state index in [2.05, 4.69) is 15.6 Å². The van der Waals surface area contributed by atoms with Crippen LogP contribution in [0.25, 0.3) is 0 Å². The lowest BCUT2D eigenvalue weighted by molar-refractivity contribution is -0.136. The average molecular weight is 454 g/mol. The summed E-state index contributed by atoms with van der Waals surface area (Å²) in [5.74, 6) is -2.58. The van der Waals surface area contributed by atoms with Crippen molar-refractivity contribution < 1.29 is 28.0 Å². The van der Waals surface area contributed by atoms with Crippen LogP contribution in [-0.2, 0) is 16.1 Å². The molecule has 0 bridgehead atoms. The van der Waals surface area contributed by atoms with Crippen molar-refractivity contribution in [1.29, 1.82) is 0 Å². The Bertz CT molecular complexity index is 1200. The Morgan fingerprint density at radius 3 is 2.73 bits per heavy atom. The van der Waals surface area contributed by atoms with Gasteiger partial charge in [0.2, 0.25) is 11.8 Å². The maximum Gasteiger partial charge on any atom is 0.255 e. The lowest BCUT2D eigenvalue weighted by atomic mass is 10.0. The summed E-state index contributed by atoms with van der Waals surface area (Å²) in [5.41, 5.74) is -0.851. The van der Waals surface area contributed by atoms with Crippen LogP contribution in [0.5, 0.6) is 0 Å². The second-order valence-corrected chi connectivity index (χ2v) is 8.58. The van der Waals surface area contributed by atoms with E-state index < -0.39 is 35.4 Å². The molecule has 170 valence electrons. The molecule has 1 aromatic carbocycles. The second-order valence-electron chi connectivity index (χ2n) is 8.58. The minimum Gasteiger partial charge on any atom is -0.340 e. The highest BCUT2D eigenvalue weighted by molar-refractivity contribution is 6.06. The highest BCUT2D eigenvalue weighted by atomic mass is 19.1. The summed E-state index contributed by atoms with van der Waals surface area (Å²) in [6.07, 6.45) is 2.09. The van der Waals surface area contributed by atoms with Crippen LogP contribution in [0.4, 0.5) is 8.78 Å². The highest BCUT2D eigenvalue weighted by Crippen LogP contribution is 2.49. The van der Waals surface area contributed by atoms with E-state index in [1.807, 2.05) is 0 Å². The number of carbonyl (C=O) groups excluding carboxylic acids is 4. The zero-order chi connectivity index (χ0) is 23.3. The molecule has 2 aromatic rings. The van der Waals surface area contributed by atoms with Crippen molar-refractivity contribution in [3.63, 3.8) is 0 Å². The molecule has 10 heteroatoms. The molecular weight excluding hydrogens is 434 g/mol. The van der Waals surface area contributed by atoms with Crippen molar-refractivity contribution in [2.45, 2.75) is 50.0 Å². The van der Waals surface area contributed by atoms with E-state index in [4.69, 9.17) is 0 Å². The number of fused-ring (bicyclic) bond motifs is 1. The van der Waals surface area contributed by atoms with Gasteiger partial charge in [-0.15, -0.1) is 0 Å². The first-order chi connectivity index (χ1) is 15.8. The second kappa shape index (κ2) is 7.72. The van der Waals surface area contributed by atoms with Gasteiger partial charge in [-0.05, 0) is 55.2 Å². The van der Waals surface area contributed by atoms with Crippen molar-refractivity contribution in [2.24, 2.45) is 0 Å². The Hall–Kier alpha value is -3.69. The van der Waals surface area contributed by atoms with Gasteiger partial charge in [0.25, 0.3) is 11.8 Å². The molecule has 2 atom stereocenters. The third kappa shape index (κ3) is 3.75. The van der Waals surface area contributed by atoms with Crippen molar-refractivity contribution in [1.82, 2.24) is 20.5 Å². The number of piperidine rings is 1. The van der Waals surface area contributed by atoms with Crippen LogP contribution in [0, 0.1) is 5.82 Å². The zero-order valence-corrected chi connectivity index (χ0v) is 17.4. The molecule has 2 N–H and O–H groups in total. The van der Waals surface area contributed by atoms with E-state index in [0.29, 0.717) is 11.1 Å². The van der Waals surface area contributed by atoms with Crippen molar-refractivity contribution in [3.05, 3.63) is 64.7 Å². The monoisotopic (exact) mass is 454 g/mol. The van der Waals surface area contributed by atoms with Crippen molar-refractivity contribution >= 4 is 23.6 Å². The fourth-order valence-corrected chi connectivity index (χ4v) is 4.39. The number of hydrogen-bond acceptors (Lipinski definition) is 5. The Kier molecular flexibility index (Phi) is 4.95. The van der Waals surface area contributed by atoms with Crippen molar-refractivity contribution in [3.8, 4) is 0 Å². The molecule has 5 rings (SSSR count). The lowest BCUT2D eigenvalue weighted by Gasteiger charge is -2.29. The Morgan fingerprint density at radius 2 is 2.03 bits per heavy atom. The van der Waals surface area contributed by atoms with Crippen molar-refractivity contribution in [2.75, 3.05) is 0 Å². The number of aromatic nitrogens is 1. The molecule has 1 aromatic heterocycles. The van der Waals surface area contributed by atoms with Crippen LogP contribution in [0.3, 0.4) is 0 Å². The maximum atomic E-state index is 15.0. The number of alkyl halides is 1. The summed E-state index contributed by atoms with van der Waals surface area (Å²) in [5, 5.41) is 4.80. The van der Waals surface area contributed by atoms with Gasteiger partial charge in [0.05, 0.1) is 0 Å². The third-order valence-corrected chi connectivity index (χ3v) is 6.37. The first-order valence-corrected chi connectivity index (χ1v) is 10.6. The summed E-state index contributed by atoms with van der Waals surface area (Å²) in [7, 11) is 0. The molecule has 0 spiro atoms. The molecule has 2 fully saturated rings. The van der Waals surface area contributed by atoms with Gasteiger partial charge in [-0.2, -0.15) is 0 Å². The molecule has 1 aliphatic carbocycles. The summed E-state index contributed by atoms with van der Waals surface area (Å²) in [4.78, 5) is 54.6. The number of carbonyl (C=O) groups is 4. The SMILES string of the molecule is O=C1CC[C@H](N2Cc3cc(C(=O)N[C@H](c4ncccc4F)C4(F)CC4)ccc3C2=O)C(=O)N1. The lowest BCUT2D eigenvalue weighted by Crippen LogP contribution is -2.52. The van der Waals surface area contributed by atoms with Gasteiger partial charge in [0, 0.05) is 30.3 Å². The number of rotatable bonds is 5. The maximum absolute atomic E-state index is 15.0. The fraction of sp³-hybridized carbons (Fsp3) is 0.348. The molecular formula is C23H20F2N4O4. The van der Waals surface area contributed by atoms with Crippen LogP contribution < -0.4 is 10.6 Å². The Balaban J connectivity index is 1.36. The molecule has 1 saturated heterocycles. The molecule has 2 aliphatic heterocycles. The number of benzene rings is 1. The predicted molar refractivity (Wildman–Crippen MR) is 110 cm³/mol. The van der Waals surface area contributed by atoms with E-state index in [1.165, 1.54) is 35.4 Å². The number of nitrogens with zero attached hydrogens (tertiary/aromatic N) is 2. The molecule has 3 heterocycles. The number of nitrogens with one attached hydrogen (secondary N) is 2. The molecule has 3 aliphatic rings. The standard InChI is InChI=1S/C23H20F2N4O4/c24-15-2-1-9-26-18(15)19(23(25)7-8-23)28-20(31)12-3-4-14-13(10-12)11-29(22(14)33)16-5-6-17(30)27-21(16)32/h1-4,9-10,16,19H,5-8,11H2,(H,28,31)(H,27,30,32)/t16-,19+/m0/s1. The molecule has 1 saturated carbocycles. The summed E-state index contributed by atoms with van der Waals surface area (Å²) >= 11 is 0. The van der Waals surface area contributed by atoms with Crippen LogP contribution in [-0.4, -0.2) is 45.2 Å². The zero-order valence-electron chi connectivity index (χ0n) is 17.4. The predicted octanol–water partition coefficient (Wildman–Crippen LogP) is 1.95. The van der Waals surface area contributed by atoms with E-state index in [-0.39, 0.29) is 55.3 Å². The van der Waals surface area contributed by atoms with Crippen LogP contribution >= 0.6 is 0 Å². The van der Waals surface area contributed by atoms with Crippen LogP contribution in [0.15, 0.2) is 36.5 Å². The van der Waals surface area contributed by atoms with Gasteiger partial charge >= 0.3 is 0 Å². The van der Waals surface area contributed by atoms with Crippen LogP contribution in [0.1, 0.15) is 63.7 Å². The molecule has 0 radical (unpaired) electrons. The smallest absolute Gasteiger partial charge is 0.255 e. The number of hydrogen-bond donors (Lipinski definition) is 2. The van der Waals surface area contributed by atoms with Crippen LogP contribution in [0.2, 0.25) is 0 Å². The Labute approximate surface area is 187 Å². The molecule has 8 nitrogen and oxygen atoms in total.